The fourth-order valence-electron chi connectivity index (χ4n) is 1.06. The van der Waals surface area contributed by atoms with Gasteiger partial charge in [0.2, 0.25) is 11.1 Å². The Labute approximate surface area is 94.5 Å². The van der Waals surface area contributed by atoms with Crippen LogP contribution in [0, 0.1) is 12.9 Å². The second kappa shape index (κ2) is 4.31. The number of hydrogen-bond donors (Lipinski definition) is 1. The van der Waals surface area contributed by atoms with Crippen LogP contribution in [0.1, 0.15) is 16.2 Å². The molecule has 0 unspecified atom stereocenters. The summed E-state index contributed by atoms with van der Waals surface area (Å²) in [7, 11) is 0. The monoisotopic (exact) mass is 238 g/mol. The van der Waals surface area contributed by atoms with Crippen molar-refractivity contribution in [1.29, 1.82) is 0 Å². The van der Waals surface area contributed by atoms with E-state index in [-0.39, 0.29) is 5.56 Å². The Morgan fingerprint density at radius 1 is 1.56 bits per heavy atom. The second-order valence-electron chi connectivity index (χ2n) is 2.97. The normalized spacial score (nSPS) is 10.1. The zero-order valence-corrected chi connectivity index (χ0v) is 9.08. The van der Waals surface area contributed by atoms with Crippen LogP contribution in [0.2, 0.25) is 0 Å². The highest BCUT2D eigenvalue weighted by atomic mass is 32.1. The van der Waals surface area contributed by atoms with E-state index < -0.39 is 11.9 Å². The van der Waals surface area contributed by atoms with Crippen molar-refractivity contribution >= 4 is 22.6 Å². The summed E-state index contributed by atoms with van der Waals surface area (Å²) in [5.74, 6) is -0.542. The molecule has 0 aliphatic rings. The van der Waals surface area contributed by atoms with Gasteiger partial charge in [-0.2, -0.15) is 8.76 Å². The van der Waals surface area contributed by atoms with E-state index in [0.29, 0.717) is 11.0 Å². The number of aryl methyl sites for hydroxylation is 1. The summed E-state index contributed by atoms with van der Waals surface area (Å²) in [5.41, 5.74) is 0.195. The third kappa shape index (κ3) is 2.37. The van der Waals surface area contributed by atoms with E-state index in [1.807, 2.05) is 0 Å². The molecule has 2 rings (SSSR count). The number of carbonyl (C=O) groups excluding carboxylic acids is 1. The first-order valence-electron chi connectivity index (χ1n) is 4.38. The second-order valence-corrected chi connectivity index (χ2v) is 3.72. The number of anilines is 1. The number of aromatic nitrogens is 3. The van der Waals surface area contributed by atoms with Gasteiger partial charge in [-0.25, -0.2) is 9.97 Å². The highest BCUT2D eigenvalue weighted by molar-refractivity contribution is 7.09. The number of halogens is 1. The third-order valence-electron chi connectivity index (χ3n) is 1.74. The van der Waals surface area contributed by atoms with Gasteiger partial charge in [-0.1, -0.05) is 0 Å². The summed E-state index contributed by atoms with van der Waals surface area (Å²) >= 11 is 1.07. The Hall–Kier alpha value is -1.89. The topological polar surface area (TPSA) is 67.8 Å². The van der Waals surface area contributed by atoms with E-state index in [4.69, 9.17) is 0 Å². The van der Waals surface area contributed by atoms with Crippen LogP contribution in [-0.4, -0.2) is 20.2 Å². The van der Waals surface area contributed by atoms with Crippen LogP contribution in [-0.2, 0) is 0 Å². The molecule has 1 amide bonds. The molecular formula is C9H7FN4OS. The summed E-state index contributed by atoms with van der Waals surface area (Å²) in [6, 6.07) is 2.48. The van der Waals surface area contributed by atoms with Crippen molar-refractivity contribution in [1.82, 2.24) is 14.3 Å². The minimum atomic E-state index is -0.693. The molecule has 2 aromatic rings. The van der Waals surface area contributed by atoms with Gasteiger partial charge in [0.1, 0.15) is 5.82 Å². The zero-order chi connectivity index (χ0) is 11.5. The van der Waals surface area contributed by atoms with Crippen molar-refractivity contribution in [2.24, 2.45) is 0 Å². The molecule has 0 atom stereocenters. The van der Waals surface area contributed by atoms with Gasteiger partial charge in [0.15, 0.2) is 0 Å². The predicted octanol–water partition coefficient (Wildman–Crippen LogP) is 1.63. The number of hydrogen-bond acceptors (Lipinski definition) is 5. The lowest BCUT2D eigenvalue weighted by molar-refractivity contribution is 0.102. The standard InChI is InChI=1S/C9H7FN4OS/c1-5-12-9(16-14-5)13-8(15)6-2-3-11-7(10)4-6/h2-4H,1H3,(H,12,13,14,15). The lowest BCUT2D eigenvalue weighted by Gasteiger charge is -2.00. The fraction of sp³-hybridized carbons (Fsp3) is 0.111. The molecule has 2 heterocycles. The molecule has 0 aliphatic carbocycles. The number of rotatable bonds is 2. The van der Waals surface area contributed by atoms with Gasteiger partial charge in [0.25, 0.3) is 5.91 Å². The first kappa shape index (κ1) is 10.6. The predicted molar refractivity (Wildman–Crippen MR) is 56.8 cm³/mol. The maximum atomic E-state index is 12.8. The van der Waals surface area contributed by atoms with Crippen LogP contribution in [0.25, 0.3) is 0 Å². The lowest BCUT2D eigenvalue weighted by Crippen LogP contribution is -2.12. The minimum absolute atomic E-state index is 0.195. The van der Waals surface area contributed by atoms with Gasteiger partial charge >= 0.3 is 0 Å². The van der Waals surface area contributed by atoms with Gasteiger partial charge < -0.3 is 0 Å². The van der Waals surface area contributed by atoms with E-state index >= 15 is 0 Å². The highest BCUT2D eigenvalue weighted by Crippen LogP contribution is 2.12. The van der Waals surface area contributed by atoms with Gasteiger partial charge in [-0.3, -0.25) is 10.1 Å². The average Bonchev–Trinajstić information content (AvgIpc) is 2.64. The van der Waals surface area contributed by atoms with Crippen LogP contribution in [0.3, 0.4) is 0 Å². The quantitative estimate of drug-likeness (QED) is 0.807. The maximum absolute atomic E-state index is 12.8. The van der Waals surface area contributed by atoms with Crippen molar-refractivity contribution in [2.45, 2.75) is 6.92 Å². The molecule has 0 aromatic carbocycles. The summed E-state index contributed by atoms with van der Waals surface area (Å²) in [4.78, 5) is 18.9. The molecule has 5 nitrogen and oxygen atoms in total. The molecule has 1 N–H and O–H groups in total. The molecule has 16 heavy (non-hydrogen) atoms. The molecular weight excluding hydrogens is 231 g/mol. The molecule has 0 fully saturated rings. The summed E-state index contributed by atoms with van der Waals surface area (Å²) in [6.45, 7) is 1.72. The van der Waals surface area contributed by atoms with Gasteiger partial charge in [0, 0.05) is 29.4 Å². The van der Waals surface area contributed by atoms with Crippen molar-refractivity contribution in [3.8, 4) is 0 Å². The van der Waals surface area contributed by atoms with E-state index in [1.54, 1.807) is 6.92 Å². The molecule has 0 saturated heterocycles. The smallest absolute Gasteiger partial charge is 0.257 e. The number of carbonyl (C=O) groups is 1. The van der Waals surface area contributed by atoms with Crippen LogP contribution in [0.4, 0.5) is 9.52 Å². The number of pyridine rings is 1. The molecule has 0 radical (unpaired) electrons. The van der Waals surface area contributed by atoms with E-state index in [0.717, 1.165) is 17.6 Å². The summed E-state index contributed by atoms with van der Waals surface area (Å²) < 4.78 is 16.7. The number of amides is 1. The Morgan fingerprint density at radius 3 is 3.00 bits per heavy atom. The highest BCUT2D eigenvalue weighted by Gasteiger charge is 2.09. The van der Waals surface area contributed by atoms with Crippen LogP contribution >= 0.6 is 11.5 Å². The first-order valence-corrected chi connectivity index (χ1v) is 5.16. The molecule has 0 spiro atoms. The van der Waals surface area contributed by atoms with Crippen molar-refractivity contribution in [3.05, 3.63) is 35.7 Å². The van der Waals surface area contributed by atoms with Gasteiger partial charge in [0.05, 0.1) is 0 Å². The van der Waals surface area contributed by atoms with E-state index in [2.05, 4.69) is 19.7 Å². The summed E-state index contributed by atoms with van der Waals surface area (Å²) in [6.07, 6.45) is 1.23. The largest absolute Gasteiger partial charge is 0.297 e. The van der Waals surface area contributed by atoms with Crippen molar-refractivity contribution in [2.75, 3.05) is 5.32 Å². The van der Waals surface area contributed by atoms with Crippen LogP contribution in [0.5, 0.6) is 0 Å². The fourth-order valence-corrected chi connectivity index (χ4v) is 1.63. The van der Waals surface area contributed by atoms with Crippen molar-refractivity contribution in [3.63, 3.8) is 0 Å². The Morgan fingerprint density at radius 2 is 2.38 bits per heavy atom. The molecule has 0 saturated carbocycles. The SMILES string of the molecule is Cc1nsc(NC(=O)c2ccnc(F)c2)n1. The lowest BCUT2D eigenvalue weighted by atomic mass is 10.2. The van der Waals surface area contributed by atoms with Crippen molar-refractivity contribution < 1.29 is 9.18 Å². The molecule has 2 aromatic heterocycles. The molecule has 0 bridgehead atoms. The van der Waals surface area contributed by atoms with E-state index in [9.17, 15) is 9.18 Å². The summed E-state index contributed by atoms with van der Waals surface area (Å²) in [5, 5.41) is 2.91. The van der Waals surface area contributed by atoms with Crippen LogP contribution in [0.15, 0.2) is 18.3 Å². The minimum Gasteiger partial charge on any atom is -0.297 e. The Kier molecular flexibility index (Phi) is 2.86. The van der Waals surface area contributed by atoms with Crippen LogP contribution < -0.4 is 5.32 Å². The molecule has 0 aliphatic heterocycles. The first-order chi connectivity index (χ1) is 7.65. The molecule has 82 valence electrons. The number of nitrogens with one attached hydrogen (secondary N) is 1. The van der Waals surface area contributed by atoms with Gasteiger partial charge in [-0.15, -0.1) is 0 Å². The zero-order valence-electron chi connectivity index (χ0n) is 8.27. The number of nitrogens with zero attached hydrogens (tertiary/aromatic N) is 3. The Balaban J connectivity index is 2.14. The maximum Gasteiger partial charge on any atom is 0.257 e. The molecule has 7 heteroatoms. The van der Waals surface area contributed by atoms with E-state index in [1.165, 1.54) is 12.3 Å². The third-order valence-corrected chi connectivity index (χ3v) is 2.46. The van der Waals surface area contributed by atoms with Gasteiger partial charge in [-0.05, 0) is 13.0 Å². The average molecular weight is 238 g/mol. The Bertz CT molecular complexity index is 528.